The first kappa shape index (κ1) is 10.1. The first-order valence-electron chi connectivity index (χ1n) is 4.34. The maximum absolute atomic E-state index is 6.20. The van der Waals surface area contributed by atoms with Crippen LogP contribution < -0.4 is 5.73 Å². The van der Waals surface area contributed by atoms with Gasteiger partial charge in [-0.15, -0.1) is 0 Å². The Labute approximate surface area is 92.6 Å². The Morgan fingerprint density at radius 2 is 1.71 bits per heavy atom. The van der Waals surface area contributed by atoms with Crippen molar-refractivity contribution in [2.45, 2.75) is 25.8 Å². The van der Waals surface area contributed by atoms with Crippen LogP contribution in [0.3, 0.4) is 0 Å². The predicted octanol–water partition coefficient (Wildman–Crippen LogP) is 2.37. The van der Waals surface area contributed by atoms with Crippen molar-refractivity contribution < 1.29 is 0 Å². The monoisotopic (exact) mass is 231 g/mol. The smallest absolute Gasteiger partial charge is 0.139 e. The van der Waals surface area contributed by atoms with Crippen LogP contribution in [0.1, 0.15) is 25.8 Å². The van der Waals surface area contributed by atoms with Gasteiger partial charge in [0.1, 0.15) is 16.6 Å². The molecule has 0 radical (unpaired) electrons. The van der Waals surface area contributed by atoms with Crippen molar-refractivity contribution in [3.63, 3.8) is 0 Å². The third-order valence-corrected chi connectivity index (χ3v) is 3.58. The topological polar surface area (TPSA) is 51.8 Å². The summed E-state index contributed by atoms with van der Waals surface area (Å²) >= 11 is 11.9. The summed E-state index contributed by atoms with van der Waals surface area (Å²) in [5, 5.41) is 0.719. The second-order valence-corrected chi connectivity index (χ2v) is 5.08. The Kier molecular flexibility index (Phi) is 2.04. The number of nitrogens with two attached hydrogens (primary N) is 1. The Hall–Kier alpha value is -0.380. The molecule has 76 valence electrons. The number of rotatable bonds is 1. The molecule has 1 aliphatic rings. The molecular weight excluding hydrogens is 221 g/mol. The normalized spacial score (nSPS) is 28.9. The first-order chi connectivity index (χ1) is 6.38. The van der Waals surface area contributed by atoms with E-state index in [2.05, 4.69) is 23.8 Å². The van der Waals surface area contributed by atoms with Gasteiger partial charge in [0, 0.05) is 5.56 Å². The summed E-state index contributed by atoms with van der Waals surface area (Å²) in [6.45, 7) is 4.15. The van der Waals surface area contributed by atoms with Crippen LogP contribution in [0.4, 0.5) is 0 Å². The van der Waals surface area contributed by atoms with E-state index < -0.39 is 5.54 Å². The van der Waals surface area contributed by atoms with Gasteiger partial charge in [0.25, 0.3) is 0 Å². The molecule has 1 fully saturated rings. The zero-order chi connectivity index (χ0) is 10.6. The van der Waals surface area contributed by atoms with Crippen molar-refractivity contribution in [1.82, 2.24) is 9.97 Å². The summed E-state index contributed by atoms with van der Waals surface area (Å²) in [7, 11) is 0. The Morgan fingerprint density at radius 3 is 2.07 bits per heavy atom. The molecule has 5 heteroatoms. The molecule has 1 aromatic heterocycles. The molecule has 0 spiro atoms. The minimum absolute atomic E-state index is 0.0188. The molecule has 1 unspecified atom stereocenters. The highest BCUT2D eigenvalue weighted by Gasteiger charge is 2.61. The zero-order valence-corrected chi connectivity index (χ0v) is 9.52. The molecule has 1 atom stereocenters. The second-order valence-electron chi connectivity index (χ2n) is 4.36. The minimum atomic E-state index is -0.470. The Balaban J connectivity index is 2.54. The van der Waals surface area contributed by atoms with Gasteiger partial charge in [0.15, 0.2) is 0 Å². The Morgan fingerprint density at radius 1 is 1.29 bits per heavy atom. The largest absolute Gasteiger partial charge is 0.321 e. The molecule has 2 N–H and O–H groups in total. The maximum atomic E-state index is 6.20. The van der Waals surface area contributed by atoms with Crippen molar-refractivity contribution in [3.05, 3.63) is 22.2 Å². The summed E-state index contributed by atoms with van der Waals surface area (Å²) < 4.78 is 0. The highest BCUT2D eigenvalue weighted by Crippen LogP contribution is 2.62. The predicted molar refractivity (Wildman–Crippen MR) is 56.3 cm³/mol. The van der Waals surface area contributed by atoms with E-state index in [1.807, 2.05) is 0 Å². The third-order valence-electron chi connectivity index (χ3n) is 3.00. The fourth-order valence-corrected chi connectivity index (χ4v) is 2.44. The van der Waals surface area contributed by atoms with Gasteiger partial charge in [0.2, 0.25) is 0 Å². The highest BCUT2D eigenvalue weighted by atomic mass is 35.5. The summed E-state index contributed by atoms with van der Waals surface area (Å²) in [4.78, 5) is 7.80. The molecular formula is C9H11Cl2N3. The molecule has 0 bridgehead atoms. The van der Waals surface area contributed by atoms with Gasteiger partial charge >= 0.3 is 0 Å². The molecule has 1 saturated carbocycles. The van der Waals surface area contributed by atoms with Crippen LogP contribution >= 0.6 is 23.2 Å². The molecule has 2 rings (SSSR count). The first-order valence-corrected chi connectivity index (χ1v) is 5.09. The van der Waals surface area contributed by atoms with Gasteiger partial charge in [-0.05, 0) is 11.8 Å². The number of nitrogens with zero attached hydrogens (tertiary/aromatic N) is 2. The van der Waals surface area contributed by atoms with E-state index in [-0.39, 0.29) is 5.41 Å². The molecule has 14 heavy (non-hydrogen) atoms. The van der Waals surface area contributed by atoms with Crippen molar-refractivity contribution in [2.75, 3.05) is 0 Å². The molecule has 0 aromatic carbocycles. The fourth-order valence-electron chi connectivity index (χ4n) is 1.79. The van der Waals surface area contributed by atoms with Crippen LogP contribution in [0.25, 0.3) is 0 Å². The van der Waals surface area contributed by atoms with E-state index in [9.17, 15) is 0 Å². The molecule has 0 aliphatic heterocycles. The lowest BCUT2D eigenvalue weighted by atomic mass is 10.00. The van der Waals surface area contributed by atoms with Crippen LogP contribution in [0.15, 0.2) is 6.33 Å². The summed E-state index contributed by atoms with van der Waals surface area (Å²) in [5.41, 5.74) is 6.42. The van der Waals surface area contributed by atoms with E-state index >= 15 is 0 Å². The fraction of sp³-hybridized carbons (Fsp3) is 0.556. The van der Waals surface area contributed by atoms with Crippen molar-refractivity contribution in [1.29, 1.82) is 0 Å². The highest BCUT2D eigenvalue weighted by molar-refractivity contribution is 6.34. The number of halogens is 2. The average Bonchev–Trinajstić information content (AvgIpc) is 2.50. The minimum Gasteiger partial charge on any atom is -0.321 e. The lowest BCUT2D eigenvalue weighted by Crippen LogP contribution is -2.27. The number of hydrogen-bond acceptors (Lipinski definition) is 3. The van der Waals surface area contributed by atoms with Gasteiger partial charge in [-0.2, -0.15) is 0 Å². The summed E-state index contributed by atoms with van der Waals surface area (Å²) in [6, 6.07) is 0. The van der Waals surface area contributed by atoms with Crippen LogP contribution in [0, 0.1) is 5.41 Å². The molecule has 1 heterocycles. The van der Waals surface area contributed by atoms with Crippen molar-refractivity contribution in [3.8, 4) is 0 Å². The van der Waals surface area contributed by atoms with Gasteiger partial charge in [-0.1, -0.05) is 37.0 Å². The van der Waals surface area contributed by atoms with Crippen LogP contribution in [0.2, 0.25) is 10.3 Å². The lowest BCUT2D eigenvalue weighted by molar-refractivity contribution is 0.507. The van der Waals surface area contributed by atoms with Crippen LogP contribution in [0.5, 0.6) is 0 Å². The second kappa shape index (κ2) is 2.81. The van der Waals surface area contributed by atoms with Crippen molar-refractivity contribution in [2.24, 2.45) is 11.1 Å². The van der Waals surface area contributed by atoms with E-state index in [4.69, 9.17) is 28.9 Å². The molecule has 0 amide bonds. The van der Waals surface area contributed by atoms with E-state index in [1.165, 1.54) is 6.33 Å². The van der Waals surface area contributed by atoms with E-state index in [1.54, 1.807) is 0 Å². The van der Waals surface area contributed by atoms with Gasteiger partial charge in [-0.3, -0.25) is 0 Å². The number of aromatic nitrogens is 2. The van der Waals surface area contributed by atoms with Gasteiger partial charge < -0.3 is 5.73 Å². The van der Waals surface area contributed by atoms with E-state index in [0.717, 1.165) is 6.42 Å². The number of hydrogen-bond donors (Lipinski definition) is 1. The Bertz CT molecular complexity index is 371. The van der Waals surface area contributed by atoms with E-state index in [0.29, 0.717) is 15.9 Å². The molecule has 3 nitrogen and oxygen atoms in total. The standard InChI is InChI=1S/C9H11Cl2N3/c1-8(2)3-9(8,12)5-6(10)13-4-14-7(5)11/h4H,3,12H2,1-2H3. The van der Waals surface area contributed by atoms with Gasteiger partial charge in [-0.25, -0.2) is 9.97 Å². The molecule has 1 aliphatic carbocycles. The lowest BCUT2D eigenvalue weighted by Gasteiger charge is -2.16. The SMILES string of the molecule is CC1(C)CC1(N)c1c(Cl)ncnc1Cl. The summed E-state index contributed by atoms with van der Waals surface area (Å²) in [6.07, 6.45) is 2.19. The van der Waals surface area contributed by atoms with Crippen LogP contribution in [-0.4, -0.2) is 9.97 Å². The van der Waals surface area contributed by atoms with Crippen molar-refractivity contribution >= 4 is 23.2 Å². The third kappa shape index (κ3) is 1.23. The van der Waals surface area contributed by atoms with Crippen LogP contribution in [-0.2, 0) is 5.54 Å². The van der Waals surface area contributed by atoms with Gasteiger partial charge in [0.05, 0.1) is 5.54 Å². The average molecular weight is 232 g/mol. The zero-order valence-electron chi connectivity index (χ0n) is 8.01. The molecule has 0 saturated heterocycles. The molecule has 1 aromatic rings. The summed E-state index contributed by atoms with van der Waals surface area (Å²) in [5.74, 6) is 0. The quantitative estimate of drug-likeness (QED) is 0.756. The maximum Gasteiger partial charge on any atom is 0.139 e.